The van der Waals surface area contributed by atoms with E-state index in [1.54, 1.807) is 13.8 Å². The molecule has 0 radical (unpaired) electrons. The average Bonchev–Trinajstić information content (AvgIpc) is 2.68. The van der Waals surface area contributed by atoms with Crippen LogP contribution in [0.5, 0.6) is 0 Å². The Hall–Kier alpha value is -2.85. The van der Waals surface area contributed by atoms with Crippen molar-refractivity contribution in [3.05, 3.63) is 0 Å². The van der Waals surface area contributed by atoms with Gasteiger partial charge >= 0.3 is 11.9 Å². The SMILES string of the molecule is CC(C)[C@H](NC(=O)[C@H](CC(=O)O)NC(=O)CCCCCCCCCCN=C(N)N)C(=O)O. The lowest BCUT2D eigenvalue weighted by Crippen LogP contribution is -2.53. The molecule has 2 atom stereocenters. The number of rotatable bonds is 18. The van der Waals surface area contributed by atoms with Gasteiger partial charge in [0.1, 0.15) is 12.1 Å². The lowest BCUT2D eigenvalue weighted by molar-refractivity contribution is -0.144. The van der Waals surface area contributed by atoms with Crippen molar-refractivity contribution < 1.29 is 29.4 Å². The minimum absolute atomic E-state index is 0.115. The number of nitrogens with zero attached hydrogens (tertiary/aromatic N) is 1. The molecule has 0 fully saturated rings. The van der Waals surface area contributed by atoms with Gasteiger partial charge < -0.3 is 32.3 Å². The molecule has 11 heteroatoms. The Morgan fingerprint density at radius 1 is 0.844 bits per heavy atom. The van der Waals surface area contributed by atoms with Gasteiger partial charge in [-0.3, -0.25) is 19.4 Å². The molecule has 0 rings (SSSR count). The van der Waals surface area contributed by atoms with Gasteiger partial charge in [0, 0.05) is 13.0 Å². The van der Waals surface area contributed by atoms with Gasteiger partial charge in [0.25, 0.3) is 0 Å². The molecule has 184 valence electrons. The lowest BCUT2D eigenvalue weighted by atomic mass is 10.0. The Balaban J connectivity index is 4.20. The van der Waals surface area contributed by atoms with Crippen molar-refractivity contribution in [3.8, 4) is 0 Å². The van der Waals surface area contributed by atoms with E-state index in [1.807, 2.05) is 0 Å². The van der Waals surface area contributed by atoms with Crippen LogP contribution < -0.4 is 22.1 Å². The van der Waals surface area contributed by atoms with Crippen LogP contribution in [0.1, 0.15) is 78.1 Å². The molecule has 32 heavy (non-hydrogen) atoms. The van der Waals surface area contributed by atoms with E-state index < -0.39 is 48.2 Å². The molecule has 0 heterocycles. The van der Waals surface area contributed by atoms with Crippen LogP contribution in [0.25, 0.3) is 0 Å². The Kier molecular flexibility index (Phi) is 15.3. The molecule has 0 aliphatic heterocycles. The highest BCUT2D eigenvalue weighted by Gasteiger charge is 2.29. The van der Waals surface area contributed by atoms with E-state index in [0.717, 1.165) is 44.9 Å². The number of hydrogen-bond acceptors (Lipinski definition) is 5. The molecular formula is C21H39N5O6. The molecule has 0 unspecified atom stereocenters. The van der Waals surface area contributed by atoms with E-state index in [2.05, 4.69) is 15.6 Å². The second-order valence-corrected chi connectivity index (χ2v) is 8.17. The third-order valence-corrected chi connectivity index (χ3v) is 4.87. The number of aliphatic carboxylic acids is 2. The number of carboxylic acids is 2. The van der Waals surface area contributed by atoms with Crippen LogP contribution in [0.3, 0.4) is 0 Å². The smallest absolute Gasteiger partial charge is 0.326 e. The first-order valence-corrected chi connectivity index (χ1v) is 11.1. The number of carbonyl (C=O) groups excluding carboxylic acids is 2. The summed E-state index contributed by atoms with van der Waals surface area (Å²) in [5, 5.41) is 22.9. The zero-order chi connectivity index (χ0) is 24.5. The summed E-state index contributed by atoms with van der Waals surface area (Å²) in [6.07, 6.45) is 7.27. The first kappa shape index (κ1) is 29.1. The topological polar surface area (TPSA) is 197 Å². The maximum absolute atomic E-state index is 12.3. The molecule has 0 spiro atoms. The molecule has 0 aromatic heterocycles. The highest BCUT2D eigenvalue weighted by atomic mass is 16.4. The van der Waals surface area contributed by atoms with Crippen LogP contribution >= 0.6 is 0 Å². The fourth-order valence-corrected chi connectivity index (χ4v) is 3.08. The molecule has 0 aliphatic rings. The molecule has 11 nitrogen and oxygen atoms in total. The zero-order valence-electron chi connectivity index (χ0n) is 19.1. The Morgan fingerprint density at radius 2 is 1.38 bits per heavy atom. The number of carbonyl (C=O) groups is 4. The molecule has 8 N–H and O–H groups in total. The number of unbranched alkanes of at least 4 members (excludes halogenated alkanes) is 7. The van der Waals surface area contributed by atoms with Crippen LogP contribution in [0.2, 0.25) is 0 Å². The fourth-order valence-electron chi connectivity index (χ4n) is 3.08. The number of aliphatic imine (C=N–C) groups is 1. The van der Waals surface area contributed by atoms with E-state index in [9.17, 15) is 24.3 Å². The Labute approximate surface area is 189 Å². The summed E-state index contributed by atoms with van der Waals surface area (Å²) in [6, 6.07) is -2.48. The van der Waals surface area contributed by atoms with E-state index in [-0.39, 0.29) is 12.4 Å². The van der Waals surface area contributed by atoms with Crippen molar-refractivity contribution in [3.63, 3.8) is 0 Å². The maximum Gasteiger partial charge on any atom is 0.326 e. The van der Waals surface area contributed by atoms with Crippen LogP contribution in [-0.4, -0.2) is 58.6 Å². The average molecular weight is 458 g/mol. The molecule has 0 saturated heterocycles. The molecule has 0 saturated carbocycles. The highest BCUT2D eigenvalue weighted by Crippen LogP contribution is 2.10. The lowest BCUT2D eigenvalue weighted by Gasteiger charge is -2.22. The van der Waals surface area contributed by atoms with E-state index in [4.69, 9.17) is 16.6 Å². The molecular weight excluding hydrogens is 418 g/mol. The van der Waals surface area contributed by atoms with Gasteiger partial charge in [-0.25, -0.2) is 4.79 Å². The quantitative estimate of drug-likeness (QED) is 0.0993. The largest absolute Gasteiger partial charge is 0.481 e. The fraction of sp³-hybridized carbons (Fsp3) is 0.762. The predicted octanol–water partition coefficient (Wildman–Crippen LogP) is 0.956. The number of guanidine groups is 1. The maximum atomic E-state index is 12.3. The first-order valence-electron chi connectivity index (χ1n) is 11.1. The molecule has 0 aliphatic carbocycles. The van der Waals surface area contributed by atoms with Gasteiger partial charge in [-0.05, 0) is 18.8 Å². The number of nitrogens with one attached hydrogen (secondary N) is 2. The number of carboxylic acid groups (broad SMARTS) is 2. The van der Waals surface area contributed by atoms with Gasteiger partial charge in [-0.15, -0.1) is 0 Å². The van der Waals surface area contributed by atoms with Crippen LogP contribution in [0.4, 0.5) is 0 Å². The van der Waals surface area contributed by atoms with E-state index in [1.165, 1.54) is 0 Å². The number of hydrogen-bond donors (Lipinski definition) is 6. The standard InChI is InChI=1S/C21H39N5O6/c1-14(2)18(20(31)32)26-19(30)15(13-17(28)29)25-16(27)11-9-7-5-3-4-6-8-10-12-24-21(22)23/h14-15,18H,3-13H2,1-2H3,(H,25,27)(H,26,30)(H,28,29)(H,31,32)(H4,22,23,24)/t15-,18-/m0/s1. The van der Waals surface area contributed by atoms with Crippen molar-refractivity contribution in [1.82, 2.24) is 10.6 Å². The molecule has 0 aromatic carbocycles. The van der Waals surface area contributed by atoms with E-state index >= 15 is 0 Å². The molecule has 2 amide bonds. The van der Waals surface area contributed by atoms with Gasteiger partial charge in [0.05, 0.1) is 6.42 Å². The number of nitrogens with two attached hydrogens (primary N) is 2. The summed E-state index contributed by atoms with van der Waals surface area (Å²) in [5.41, 5.74) is 10.5. The second-order valence-electron chi connectivity index (χ2n) is 8.17. The summed E-state index contributed by atoms with van der Waals surface area (Å²) in [7, 11) is 0. The van der Waals surface area contributed by atoms with E-state index in [0.29, 0.717) is 13.0 Å². The molecule has 0 aromatic rings. The Morgan fingerprint density at radius 3 is 1.84 bits per heavy atom. The Bertz CT molecular complexity index is 634. The summed E-state index contributed by atoms with van der Waals surface area (Å²) in [6.45, 7) is 3.89. The third-order valence-electron chi connectivity index (χ3n) is 4.87. The van der Waals surface area contributed by atoms with Crippen molar-refractivity contribution in [2.24, 2.45) is 22.4 Å². The van der Waals surface area contributed by atoms with Crippen LogP contribution in [0, 0.1) is 5.92 Å². The summed E-state index contributed by atoms with van der Waals surface area (Å²) < 4.78 is 0. The first-order chi connectivity index (χ1) is 15.0. The van der Waals surface area contributed by atoms with Crippen molar-refractivity contribution in [1.29, 1.82) is 0 Å². The van der Waals surface area contributed by atoms with Crippen LogP contribution in [-0.2, 0) is 19.2 Å². The summed E-state index contributed by atoms with van der Waals surface area (Å²) in [5.74, 6) is -4.01. The molecule has 0 bridgehead atoms. The highest BCUT2D eigenvalue weighted by molar-refractivity contribution is 5.92. The van der Waals surface area contributed by atoms with Gasteiger partial charge in [-0.1, -0.05) is 52.4 Å². The minimum Gasteiger partial charge on any atom is -0.481 e. The number of amides is 2. The van der Waals surface area contributed by atoms with Gasteiger partial charge in [-0.2, -0.15) is 0 Å². The van der Waals surface area contributed by atoms with Gasteiger partial charge in [0.2, 0.25) is 11.8 Å². The van der Waals surface area contributed by atoms with Gasteiger partial charge in [0.15, 0.2) is 5.96 Å². The second kappa shape index (κ2) is 16.8. The van der Waals surface area contributed by atoms with Crippen LogP contribution in [0.15, 0.2) is 4.99 Å². The minimum atomic E-state index is -1.32. The van der Waals surface area contributed by atoms with Crippen molar-refractivity contribution >= 4 is 29.7 Å². The summed E-state index contributed by atoms with van der Waals surface area (Å²) >= 11 is 0. The predicted molar refractivity (Wildman–Crippen MR) is 121 cm³/mol. The third kappa shape index (κ3) is 15.0. The summed E-state index contributed by atoms with van der Waals surface area (Å²) in [4.78, 5) is 50.7. The van der Waals surface area contributed by atoms with Crippen molar-refractivity contribution in [2.45, 2.75) is 90.1 Å². The normalized spacial score (nSPS) is 12.6. The van der Waals surface area contributed by atoms with Crippen molar-refractivity contribution in [2.75, 3.05) is 6.54 Å². The zero-order valence-corrected chi connectivity index (χ0v) is 19.1. The monoisotopic (exact) mass is 457 g/mol.